The highest BCUT2D eigenvalue weighted by Crippen LogP contribution is 2.15. The first-order chi connectivity index (χ1) is 12.3. The number of pyridine rings is 1. The summed E-state index contributed by atoms with van der Waals surface area (Å²) in [5, 5.41) is 0. The van der Waals surface area contributed by atoms with Crippen LogP contribution in [0.3, 0.4) is 0 Å². The summed E-state index contributed by atoms with van der Waals surface area (Å²) >= 11 is 0. The predicted octanol–water partition coefficient (Wildman–Crippen LogP) is 2.81. The molecule has 3 rings (SSSR count). The van der Waals surface area contributed by atoms with E-state index in [2.05, 4.69) is 4.98 Å². The van der Waals surface area contributed by atoms with Gasteiger partial charge in [-0.25, -0.2) is 0 Å². The maximum absolute atomic E-state index is 12.3. The summed E-state index contributed by atoms with van der Waals surface area (Å²) in [5.41, 5.74) is 2.13. The van der Waals surface area contributed by atoms with Gasteiger partial charge < -0.3 is 14.4 Å². The first kappa shape index (κ1) is 17.6. The van der Waals surface area contributed by atoms with E-state index in [1.807, 2.05) is 53.6 Å². The Morgan fingerprint density at radius 2 is 1.96 bits per heavy atom. The number of carbonyl (C=O) groups is 1. The molecule has 5 heteroatoms. The Morgan fingerprint density at radius 1 is 1.12 bits per heavy atom. The monoisotopic (exact) mass is 340 g/mol. The molecule has 1 atom stereocenters. The van der Waals surface area contributed by atoms with E-state index >= 15 is 0 Å². The van der Waals surface area contributed by atoms with Crippen LogP contribution in [0.4, 0.5) is 0 Å². The molecule has 5 nitrogen and oxygen atoms in total. The molecule has 1 aliphatic heterocycles. The normalized spacial score (nSPS) is 17.4. The first-order valence-corrected chi connectivity index (χ1v) is 8.71. The number of aromatic nitrogens is 1. The van der Waals surface area contributed by atoms with Crippen LogP contribution in [0.5, 0.6) is 0 Å². The molecule has 1 saturated heterocycles. The number of likely N-dealkylation sites (tertiary alicyclic amines) is 1. The lowest BCUT2D eigenvalue weighted by atomic mass is 10.1. The number of nitrogens with zero attached hydrogens (tertiary/aromatic N) is 2. The molecule has 0 radical (unpaired) electrons. The summed E-state index contributed by atoms with van der Waals surface area (Å²) in [7, 11) is 0. The van der Waals surface area contributed by atoms with E-state index < -0.39 is 0 Å². The molecule has 25 heavy (non-hydrogen) atoms. The Bertz CT molecular complexity index is 649. The minimum absolute atomic E-state index is 0.0330. The van der Waals surface area contributed by atoms with Crippen molar-refractivity contribution in [3.8, 4) is 0 Å². The van der Waals surface area contributed by atoms with Crippen LogP contribution in [-0.2, 0) is 27.5 Å². The van der Waals surface area contributed by atoms with Gasteiger partial charge in [0.15, 0.2) is 0 Å². The van der Waals surface area contributed by atoms with Crippen LogP contribution < -0.4 is 0 Å². The van der Waals surface area contributed by atoms with Gasteiger partial charge in [-0.05, 0) is 30.0 Å². The molecular formula is C20H24N2O3. The van der Waals surface area contributed by atoms with Gasteiger partial charge >= 0.3 is 0 Å². The molecule has 2 heterocycles. The molecular weight excluding hydrogens is 316 g/mol. The summed E-state index contributed by atoms with van der Waals surface area (Å²) < 4.78 is 11.5. The Hall–Kier alpha value is -2.24. The van der Waals surface area contributed by atoms with Crippen LogP contribution >= 0.6 is 0 Å². The van der Waals surface area contributed by atoms with Crippen LogP contribution in [0, 0.1) is 0 Å². The highest BCUT2D eigenvalue weighted by molar-refractivity contribution is 5.77. The third kappa shape index (κ3) is 5.66. The molecule has 0 saturated carbocycles. The number of piperidine rings is 1. The molecule has 1 unspecified atom stereocenters. The van der Waals surface area contributed by atoms with Gasteiger partial charge in [-0.15, -0.1) is 0 Å². The lowest BCUT2D eigenvalue weighted by molar-refractivity contribution is -0.141. The molecule has 1 aromatic heterocycles. The van der Waals surface area contributed by atoms with E-state index in [9.17, 15) is 4.79 Å². The molecule has 0 spiro atoms. The Kier molecular flexibility index (Phi) is 6.54. The second-order valence-electron chi connectivity index (χ2n) is 6.25. The summed E-state index contributed by atoms with van der Waals surface area (Å²) in [6.07, 6.45) is 5.58. The van der Waals surface area contributed by atoms with E-state index in [1.165, 1.54) is 0 Å². The summed E-state index contributed by atoms with van der Waals surface area (Å²) in [4.78, 5) is 18.3. The van der Waals surface area contributed by atoms with E-state index in [0.29, 0.717) is 19.8 Å². The molecule has 2 aromatic rings. The average Bonchev–Trinajstić information content (AvgIpc) is 2.68. The molecule has 1 aromatic carbocycles. The second kappa shape index (κ2) is 9.30. The van der Waals surface area contributed by atoms with Crippen molar-refractivity contribution >= 4 is 5.91 Å². The largest absolute Gasteiger partial charge is 0.372 e. The standard InChI is InChI=1S/C20H24N2O3/c23-20(16-24-14-17-6-2-1-3-7-17)22-11-5-9-19(13-22)25-15-18-8-4-10-21-12-18/h1-4,6-8,10,12,19H,5,9,11,13-16H2. The Labute approximate surface area is 148 Å². The number of rotatable bonds is 7. The molecule has 1 amide bonds. The Morgan fingerprint density at radius 3 is 2.76 bits per heavy atom. The van der Waals surface area contributed by atoms with Crippen molar-refractivity contribution < 1.29 is 14.3 Å². The van der Waals surface area contributed by atoms with E-state index in [1.54, 1.807) is 6.20 Å². The first-order valence-electron chi connectivity index (χ1n) is 8.71. The van der Waals surface area contributed by atoms with Crippen LogP contribution in [0.25, 0.3) is 0 Å². The highest BCUT2D eigenvalue weighted by Gasteiger charge is 2.24. The molecule has 1 aliphatic rings. The smallest absolute Gasteiger partial charge is 0.248 e. The van der Waals surface area contributed by atoms with E-state index in [-0.39, 0.29) is 18.6 Å². The lowest BCUT2D eigenvalue weighted by Gasteiger charge is -2.32. The molecule has 0 bridgehead atoms. The van der Waals surface area contributed by atoms with Gasteiger partial charge in [0.25, 0.3) is 0 Å². The zero-order valence-corrected chi connectivity index (χ0v) is 14.3. The maximum Gasteiger partial charge on any atom is 0.248 e. The van der Waals surface area contributed by atoms with Gasteiger partial charge in [0, 0.05) is 25.5 Å². The number of amides is 1. The molecule has 0 aliphatic carbocycles. The number of carbonyl (C=O) groups excluding carboxylic acids is 1. The second-order valence-corrected chi connectivity index (χ2v) is 6.25. The number of ether oxygens (including phenoxy) is 2. The summed E-state index contributed by atoms with van der Waals surface area (Å²) in [5.74, 6) is 0.0330. The highest BCUT2D eigenvalue weighted by atomic mass is 16.5. The minimum Gasteiger partial charge on any atom is -0.372 e. The molecule has 0 N–H and O–H groups in total. The van der Waals surface area contributed by atoms with Gasteiger partial charge in [0.05, 0.1) is 19.3 Å². The van der Waals surface area contributed by atoms with Gasteiger partial charge in [0.1, 0.15) is 6.61 Å². The fraction of sp³-hybridized carbons (Fsp3) is 0.400. The van der Waals surface area contributed by atoms with Gasteiger partial charge in [-0.3, -0.25) is 9.78 Å². The van der Waals surface area contributed by atoms with Crippen molar-refractivity contribution in [2.45, 2.75) is 32.2 Å². The van der Waals surface area contributed by atoms with Gasteiger partial charge in [0.2, 0.25) is 5.91 Å². The average molecular weight is 340 g/mol. The van der Waals surface area contributed by atoms with Gasteiger partial charge in [-0.2, -0.15) is 0 Å². The number of benzene rings is 1. The van der Waals surface area contributed by atoms with Crippen molar-refractivity contribution in [2.75, 3.05) is 19.7 Å². The predicted molar refractivity (Wildman–Crippen MR) is 94.7 cm³/mol. The number of hydrogen-bond acceptors (Lipinski definition) is 4. The van der Waals surface area contributed by atoms with Crippen molar-refractivity contribution in [1.29, 1.82) is 0 Å². The summed E-state index contributed by atoms with van der Waals surface area (Å²) in [6.45, 7) is 2.52. The van der Waals surface area contributed by atoms with Crippen molar-refractivity contribution in [3.63, 3.8) is 0 Å². The van der Waals surface area contributed by atoms with Crippen molar-refractivity contribution in [3.05, 3.63) is 66.0 Å². The SMILES string of the molecule is O=C(COCc1ccccc1)N1CCCC(OCc2cccnc2)C1. The third-order valence-corrected chi connectivity index (χ3v) is 4.28. The van der Waals surface area contributed by atoms with Crippen molar-refractivity contribution in [2.24, 2.45) is 0 Å². The van der Waals surface area contributed by atoms with E-state index in [4.69, 9.17) is 9.47 Å². The minimum atomic E-state index is 0.0330. The van der Waals surface area contributed by atoms with E-state index in [0.717, 1.165) is 30.5 Å². The fourth-order valence-corrected chi connectivity index (χ4v) is 2.92. The molecule has 132 valence electrons. The maximum atomic E-state index is 12.3. The van der Waals surface area contributed by atoms with Crippen LogP contribution in [0.15, 0.2) is 54.9 Å². The Balaban J connectivity index is 1.40. The molecule has 1 fully saturated rings. The zero-order valence-electron chi connectivity index (χ0n) is 14.3. The van der Waals surface area contributed by atoms with Gasteiger partial charge in [-0.1, -0.05) is 36.4 Å². The fourth-order valence-electron chi connectivity index (χ4n) is 2.92. The third-order valence-electron chi connectivity index (χ3n) is 4.28. The topological polar surface area (TPSA) is 51.7 Å². The number of hydrogen-bond donors (Lipinski definition) is 0. The van der Waals surface area contributed by atoms with Crippen LogP contribution in [0.1, 0.15) is 24.0 Å². The zero-order chi connectivity index (χ0) is 17.3. The lowest BCUT2D eigenvalue weighted by Crippen LogP contribution is -2.44. The van der Waals surface area contributed by atoms with Crippen molar-refractivity contribution in [1.82, 2.24) is 9.88 Å². The van der Waals surface area contributed by atoms with Crippen LogP contribution in [-0.4, -0.2) is 41.6 Å². The van der Waals surface area contributed by atoms with Crippen LogP contribution in [0.2, 0.25) is 0 Å². The quantitative estimate of drug-likeness (QED) is 0.778. The summed E-state index contributed by atoms with van der Waals surface area (Å²) in [6, 6.07) is 13.8.